The predicted octanol–water partition coefficient (Wildman–Crippen LogP) is 3.97. The number of alkyl halides is 3. The van der Waals surface area contributed by atoms with Crippen LogP contribution in [0.3, 0.4) is 0 Å². The van der Waals surface area contributed by atoms with Crippen molar-refractivity contribution in [3.05, 3.63) is 17.5 Å². The Balaban J connectivity index is 2.28. The number of halogens is 3. The van der Waals surface area contributed by atoms with E-state index in [0.29, 0.717) is 5.92 Å². The van der Waals surface area contributed by atoms with Crippen molar-refractivity contribution in [1.82, 2.24) is 15.1 Å². The minimum atomic E-state index is -4.63. The summed E-state index contributed by atoms with van der Waals surface area (Å²) in [5.41, 5.74) is -2.24. The van der Waals surface area contributed by atoms with E-state index >= 15 is 0 Å². The van der Waals surface area contributed by atoms with Gasteiger partial charge in [-0.2, -0.15) is 18.3 Å². The van der Waals surface area contributed by atoms with E-state index in [0.717, 1.165) is 36.6 Å². The van der Waals surface area contributed by atoms with Gasteiger partial charge in [0.1, 0.15) is 0 Å². The molecule has 0 spiro atoms. The fourth-order valence-corrected chi connectivity index (χ4v) is 3.12. The van der Waals surface area contributed by atoms with Gasteiger partial charge in [-0.15, -0.1) is 0 Å². The summed E-state index contributed by atoms with van der Waals surface area (Å²) in [7, 11) is 0. The molecule has 1 amide bonds. The lowest BCUT2D eigenvalue weighted by Crippen LogP contribution is -2.39. The zero-order valence-corrected chi connectivity index (χ0v) is 14.0. The standard InChI is InChI=1S/C16H24F3N3O/c1-10-6-5-7-11(8-10)21-14(23)12-9-20-22(15(2,3)4)13(12)16(17,18)19/h9-11H,5-8H2,1-4H3,(H,21,23)/t10-,11+/m0/s1. The van der Waals surface area contributed by atoms with Gasteiger partial charge in [0.05, 0.1) is 17.3 Å². The Labute approximate surface area is 134 Å². The van der Waals surface area contributed by atoms with Crippen LogP contribution >= 0.6 is 0 Å². The van der Waals surface area contributed by atoms with Gasteiger partial charge in [-0.3, -0.25) is 9.48 Å². The summed E-state index contributed by atoms with van der Waals surface area (Å²) in [6.45, 7) is 6.97. The van der Waals surface area contributed by atoms with Crippen molar-refractivity contribution in [3.63, 3.8) is 0 Å². The maximum Gasteiger partial charge on any atom is 0.433 e. The van der Waals surface area contributed by atoms with Crippen LogP contribution in [0.15, 0.2) is 6.20 Å². The summed E-state index contributed by atoms with van der Waals surface area (Å²) in [5.74, 6) is -0.208. The van der Waals surface area contributed by atoms with Crippen LogP contribution in [0.2, 0.25) is 0 Å². The highest BCUT2D eigenvalue weighted by molar-refractivity contribution is 5.95. The fourth-order valence-electron chi connectivity index (χ4n) is 3.12. The molecule has 7 heteroatoms. The number of rotatable bonds is 2. The minimum absolute atomic E-state index is 0.0645. The molecule has 130 valence electrons. The average molecular weight is 331 g/mol. The molecule has 1 heterocycles. The van der Waals surface area contributed by atoms with Gasteiger partial charge < -0.3 is 5.32 Å². The Hall–Kier alpha value is -1.53. The highest BCUT2D eigenvalue weighted by Crippen LogP contribution is 2.35. The number of nitrogens with zero attached hydrogens (tertiary/aromatic N) is 2. The van der Waals surface area contributed by atoms with Gasteiger partial charge in [-0.05, 0) is 39.5 Å². The number of amides is 1. The van der Waals surface area contributed by atoms with Gasteiger partial charge in [-0.1, -0.05) is 19.8 Å². The largest absolute Gasteiger partial charge is 0.433 e. The lowest BCUT2D eigenvalue weighted by atomic mass is 9.87. The van der Waals surface area contributed by atoms with Crippen molar-refractivity contribution in [2.45, 2.75) is 71.1 Å². The molecule has 0 unspecified atom stereocenters. The molecule has 1 saturated carbocycles. The Bertz CT molecular complexity index is 572. The van der Waals surface area contributed by atoms with E-state index in [1.54, 1.807) is 20.8 Å². The lowest BCUT2D eigenvalue weighted by Gasteiger charge is -2.28. The van der Waals surface area contributed by atoms with Gasteiger partial charge in [0.2, 0.25) is 0 Å². The van der Waals surface area contributed by atoms with E-state index in [-0.39, 0.29) is 6.04 Å². The number of hydrogen-bond donors (Lipinski definition) is 1. The average Bonchev–Trinajstić information content (AvgIpc) is 2.83. The van der Waals surface area contributed by atoms with Crippen LogP contribution in [0.4, 0.5) is 13.2 Å². The van der Waals surface area contributed by atoms with E-state index in [2.05, 4.69) is 17.3 Å². The second-order valence-electron chi connectivity index (χ2n) is 7.43. The summed E-state index contributed by atoms with van der Waals surface area (Å²) < 4.78 is 41.2. The first-order valence-corrected chi connectivity index (χ1v) is 7.96. The summed E-state index contributed by atoms with van der Waals surface area (Å²) in [5, 5.41) is 6.57. The van der Waals surface area contributed by atoms with Crippen molar-refractivity contribution < 1.29 is 18.0 Å². The van der Waals surface area contributed by atoms with Crippen LogP contribution in [0.1, 0.15) is 69.4 Å². The summed E-state index contributed by atoms with van der Waals surface area (Å²) in [4.78, 5) is 12.4. The zero-order chi connectivity index (χ0) is 17.4. The summed E-state index contributed by atoms with van der Waals surface area (Å²) in [6, 6.07) is -0.0645. The molecule has 1 N–H and O–H groups in total. The van der Waals surface area contributed by atoms with Gasteiger partial charge in [-0.25, -0.2) is 0 Å². The molecule has 1 aromatic heterocycles. The molecule has 1 aromatic rings. The van der Waals surface area contributed by atoms with E-state index < -0.39 is 28.9 Å². The van der Waals surface area contributed by atoms with Crippen molar-refractivity contribution in [3.8, 4) is 0 Å². The Morgan fingerprint density at radius 3 is 2.48 bits per heavy atom. The van der Waals surface area contributed by atoms with Gasteiger partial charge in [0.25, 0.3) is 5.91 Å². The molecule has 2 atom stereocenters. The first kappa shape index (κ1) is 17.8. The normalized spacial score (nSPS) is 22.9. The first-order chi connectivity index (χ1) is 10.5. The maximum absolute atomic E-state index is 13.4. The first-order valence-electron chi connectivity index (χ1n) is 7.96. The van der Waals surface area contributed by atoms with E-state index in [1.165, 1.54) is 0 Å². The minimum Gasteiger partial charge on any atom is -0.349 e. The molecule has 0 bridgehead atoms. The highest BCUT2D eigenvalue weighted by atomic mass is 19.4. The van der Waals surface area contributed by atoms with Crippen molar-refractivity contribution in [2.24, 2.45) is 5.92 Å². The molecular formula is C16H24F3N3O. The summed E-state index contributed by atoms with van der Waals surface area (Å²) >= 11 is 0. The quantitative estimate of drug-likeness (QED) is 0.891. The molecule has 1 aliphatic rings. The second-order valence-corrected chi connectivity index (χ2v) is 7.43. The lowest BCUT2D eigenvalue weighted by molar-refractivity contribution is -0.146. The van der Waals surface area contributed by atoms with E-state index in [9.17, 15) is 18.0 Å². The van der Waals surface area contributed by atoms with Crippen LogP contribution < -0.4 is 5.32 Å². The SMILES string of the molecule is C[C@H]1CCC[C@@H](NC(=O)c2cnn(C(C)(C)C)c2C(F)(F)F)C1. The van der Waals surface area contributed by atoms with Gasteiger partial charge >= 0.3 is 6.18 Å². The van der Waals surface area contributed by atoms with Crippen molar-refractivity contribution >= 4 is 5.91 Å². The number of carbonyl (C=O) groups is 1. The highest BCUT2D eigenvalue weighted by Gasteiger charge is 2.42. The number of aromatic nitrogens is 2. The van der Waals surface area contributed by atoms with Crippen LogP contribution in [0.5, 0.6) is 0 Å². The number of carbonyl (C=O) groups excluding carboxylic acids is 1. The number of hydrogen-bond acceptors (Lipinski definition) is 2. The van der Waals surface area contributed by atoms with Crippen LogP contribution in [0.25, 0.3) is 0 Å². The second kappa shape index (κ2) is 6.17. The summed E-state index contributed by atoms with van der Waals surface area (Å²) in [6.07, 6.45) is 0.0962. The molecular weight excluding hydrogens is 307 g/mol. The third kappa shape index (κ3) is 4.06. The molecule has 1 fully saturated rings. The molecule has 4 nitrogen and oxygen atoms in total. The third-order valence-electron chi connectivity index (χ3n) is 4.19. The molecule has 2 rings (SSSR count). The van der Waals surface area contributed by atoms with Crippen molar-refractivity contribution in [2.75, 3.05) is 0 Å². The fraction of sp³-hybridized carbons (Fsp3) is 0.750. The predicted molar refractivity (Wildman–Crippen MR) is 81.1 cm³/mol. The van der Waals surface area contributed by atoms with E-state index in [1.807, 2.05) is 0 Å². The maximum atomic E-state index is 13.4. The molecule has 0 radical (unpaired) electrons. The molecule has 0 saturated heterocycles. The van der Waals surface area contributed by atoms with Gasteiger partial charge in [0.15, 0.2) is 5.69 Å². The Kier molecular flexibility index (Phi) is 4.78. The monoisotopic (exact) mass is 331 g/mol. The number of nitrogens with one attached hydrogen (secondary N) is 1. The molecule has 23 heavy (non-hydrogen) atoms. The van der Waals surface area contributed by atoms with Crippen LogP contribution in [-0.2, 0) is 11.7 Å². The van der Waals surface area contributed by atoms with Crippen molar-refractivity contribution in [1.29, 1.82) is 0 Å². The zero-order valence-electron chi connectivity index (χ0n) is 14.0. The molecule has 0 aliphatic heterocycles. The smallest absolute Gasteiger partial charge is 0.349 e. The molecule has 0 aromatic carbocycles. The third-order valence-corrected chi connectivity index (χ3v) is 4.19. The van der Waals surface area contributed by atoms with Crippen LogP contribution in [-0.4, -0.2) is 21.7 Å². The van der Waals surface area contributed by atoms with Crippen LogP contribution in [0, 0.1) is 5.92 Å². The van der Waals surface area contributed by atoms with Gasteiger partial charge in [0, 0.05) is 6.04 Å². The topological polar surface area (TPSA) is 46.9 Å². The Morgan fingerprint density at radius 2 is 1.96 bits per heavy atom. The Morgan fingerprint density at radius 1 is 1.30 bits per heavy atom. The molecule has 1 aliphatic carbocycles. The van der Waals surface area contributed by atoms with E-state index in [4.69, 9.17) is 0 Å².